The van der Waals surface area contributed by atoms with Crippen LogP contribution in [0.2, 0.25) is 0 Å². The first-order chi connectivity index (χ1) is 54.9. The number of benzene rings is 4. The van der Waals surface area contributed by atoms with Gasteiger partial charge in [-0.2, -0.15) is 0 Å². The topological polar surface area (TPSA) is 146 Å². The molecule has 3 unspecified atom stereocenters. The highest BCUT2D eigenvalue weighted by atomic mass is 32.2. The van der Waals surface area contributed by atoms with Gasteiger partial charge in [-0.1, -0.05) is 72.2 Å². The number of pyridine rings is 4. The Hall–Kier alpha value is -8.69. The standard InChI is InChI=1S/2C25H31N3O.C24H29N3O.C21H25N3O2S/c2*1-18-7-8-23-21(15-18)22-16-27(2)14-11-24(22)28(23)17-25(19-9-12-26-13-10-19)29-20-5-3-4-6-20;1-17-3-6-22-20(13-17)21-14-26(2)12-9-23(21)27(22)15-24(28-16-18-4-5-18)19-7-10-25-11-8-19;1-15-4-5-20-18(10-15)19-14-23(2)8-7-21(19)24(20)9-6-16-11-17(13-22-12-16)27(3,25)26/h2*7-10,12-13,15,20,25H,3-6,11,14,16-17H2,1-2H3;3,6-8,10-11,13,18,24H,4-5,9,12,14-16H2,1-2H3;4-5,10-13H,6-9,14H2,1-3H3. The van der Waals surface area contributed by atoms with Gasteiger partial charge in [-0.05, 0) is 242 Å². The number of fused-ring (bicyclic) bond motifs is 12. The molecule has 4 aromatic carbocycles. The highest BCUT2D eigenvalue weighted by molar-refractivity contribution is 7.90. The van der Waals surface area contributed by atoms with E-state index in [9.17, 15) is 8.42 Å². The van der Waals surface area contributed by atoms with Gasteiger partial charge in [-0.25, -0.2) is 8.42 Å². The minimum Gasteiger partial charge on any atom is -0.371 e. The number of sulfone groups is 1. The van der Waals surface area contributed by atoms with Crippen LogP contribution in [0.15, 0.2) is 170 Å². The van der Waals surface area contributed by atoms with Crippen LogP contribution in [0.25, 0.3) is 43.6 Å². The minimum atomic E-state index is -3.23. The SMILES string of the molecule is Cc1ccc2c(c1)c1c(n2CC(OC2CCCC2)c2ccncc2)CCN(C)C1.Cc1ccc2c(c1)c1c(n2CC(OC2CCCC2)c2ccncc2)CCN(C)C1.Cc1ccc2c(c1)c1c(n2CC(OCC2CC2)c2ccncc2)CCN(C)C1.Cc1ccc2c(c1)c1c(n2CCc2cncc(S(C)(=O)=O)c2)CCN(C)C1. The Morgan fingerprint density at radius 1 is 0.407 bits per heavy atom. The van der Waals surface area contributed by atoms with Crippen LogP contribution in [-0.2, 0) is 109 Å². The van der Waals surface area contributed by atoms with Gasteiger partial charge in [0.05, 0.1) is 43.3 Å². The largest absolute Gasteiger partial charge is 0.371 e. The molecule has 12 aromatic rings. The molecule has 3 fully saturated rings. The maximum atomic E-state index is 11.8. The summed E-state index contributed by atoms with van der Waals surface area (Å²) >= 11 is 0. The van der Waals surface area contributed by atoms with E-state index in [2.05, 4.69) is 223 Å². The van der Waals surface area contributed by atoms with Crippen molar-refractivity contribution in [3.63, 3.8) is 0 Å². The van der Waals surface area contributed by atoms with E-state index in [0.29, 0.717) is 12.2 Å². The molecule has 3 atom stereocenters. The van der Waals surface area contributed by atoms with Crippen molar-refractivity contribution < 1.29 is 22.6 Å². The normalized spacial score (nSPS) is 17.9. The summed E-state index contributed by atoms with van der Waals surface area (Å²) in [6.45, 7) is 21.5. The molecule has 3 aliphatic carbocycles. The molecule has 0 bridgehead atoms. The third kappa shape index (κ3) is 18.1. The van der Waals surface area contributed by atoms with E-state index in [1.165, 1.54) is 204 Å². The van der Waals surface area contributed by atoms with E-state index in [-0.39, 0.29) is 23.2 Å². The van der Waals surface area contributed by atoms with Gasteiger partial charge >= 0.3 is 0 Å². The molecule has 0 amide bonds. The lowest BCUT2D eigenvalue weighted by Crippen LogP contribution is -2.28. The third-order valence-electron chi connectivity index (χ3n) is 25.1. The molecule has 0 radical (unpaired) electrons. The molecule has 12 heterocycles. The van der Waals surface area contributed by atoms with Crippen molar-refractivity contribution in [1.29, 1.82) is 0 Å². The lowest BCUT2D eigenvalue weighted by molar-refractivity contribution is -0.0184. The second kappa shape index (κ2) is 34.8. The van der Waals surface area contributed by atoms with Gasteiger partial charge < -0.3 is 52.1 Å². The van der Waals surface area contributed by atoms with Crippen molar-refractivity contribution in [2.24, 2.45) is 5.92 Å². The second-order valence-electron chi connectivity index (χ2n) is 33.9. The first-order valence-electron chi connectivity index (χ1n) is 41.8. The van der Waals surface area contributed by atoms with Crippen LogP contribution in [0.4, 0.5) is 0 Å². The lowest BCUT2D eigenvalue weighted by atomic mass is 10.0. The average Bonchev–Trinajstić information content (AvgIpc) is 1.62. The van der Waals surface area contributed by atoms with Gasteiger partial charge in [0.15, 0.2) is 9.84 Å². The predicted octanol–water partition coefficient (Wildman–Crippen LogP) is 17.5. The molecule has 18 heteroatoms. The number of nitrogens with zero attached hydrogens (tertiary/aromatic N) is 12. The zero-order valence-electron chi connectivity index (χ0n) is 68.2. The summed E-state index contributed by atoms with van der Waals surface area (Å²) in [5.41, 5.74) is 27.1. The van der Waals surface area contributed by atoms with E-state index < -0.39 is 9.84 Å². The van der Waals surface area contributed by atoms with Crippen LogP contribution >= 0.6 is 0 Å². The van der Waals surface area contributed by atoms with Crippen LogP contribution in [0.1, 0.15) is 172 Å². The Balaban J connectivity index is 0.000000114. The monoisotopic (exact) mass is 1540 g/mol. The minimum absolute atomic E-state index is 0.0711. The van der Waals surface area contributed by atoms with E-state index in [0.717, 1.165) is 129 Å². The number of hydrogen-bond donors (Lipinski definition) is 0. The zero-order chi connectivity index (χ0) is 77.9. The Bertz CT molecular complexity index is 5240. The Morgan fingerprint density at radius 3 is 1.10 bits per heavy atom. The maximum Gasteiger partial charge on any atom is 0.177 e. The van der Waals surface area contributed by atoms with Gasteiger partial charge in [0, 0.05) is 207 Å². The highest BCUT2D eigenvalue weighted by Gasteiger charge is 2.33. The number of aromatic nitrogens is 8. The predicted molar refractivity (Wildman–Crippen MR) is 454 cm³/mol. The zero-order valence-corrected chi connectivity index (χ0v) is 69.0. The molecule has 113 heavy (non-hydrogen) atoms. The fourth-order valence-corrected chi connectivity index (χ4v) is 19.3. The number of ether oxygens (including phenoxy) is 3. The second-order valence-corrected chi connectivity index (χ2v) is 36.0. The van der Waals surface area contributed by atoms with Gasteiger partial charge in [0.25, 0.3) is 0 Å². The van der Waals surface area contributed by atoms with Crippen molar-refractivity contribution >= 4 is 53.4 Å². The van der Waals surface area contributed by atoms with E-state index in [1.54, 1.807) is 12.3 Å². The third-order valence-corrected chi connectivity index (χ3v) is 26.1. The summed E-state index contributed by atoms with van der Waals surface area (Å²) in [5.74, 6) is 0.760. The Kier molecular flexibility index (Phi) is 24.1. The number of likely N-dealkylation sites (N-methyl/N-ethyl adjacent to an activating group) is 4. The fourth-order valence-electron chi connectivity index (χ4n) is 18.7. The summed E-state index contributed by atoms with van der Waals surface area (Å²) in [5, 5.41) is 5.60. The highest BCUT2D eigenvalue weighted by Crippen LogP contribution is 2.41. The van der Waals surface area contributed by atoms with Gasteiger partial charge in [0.2, 0.25) is 0 Å². The van der Waals surface area contributed by atoms with E-state index in [4.69, 9.17) is 14.2 Å². The molecule has 3 saturated carbocycles. The molecular formula is C95H116N12O5S. The molecular weight excluding hydrogens is 1420 g/mol. The van der Waals surface area contributed by atoms with Crippen LogP contribution in [0, 0.1) is 33.6 Å². The van der Waals surface area contributed by atoms with E-state index >= 15 is 0 Å². The molecule has 8 aromatic heterocycles. The van der Waals surface area contributed by atoms with Crippen molar-refractivity contribution in [2.45, 2.75) is 212 Å². The van der Waals surface area contributed by atoms with E-state index in [1.807, 2.05) is 37.2 Å². The van der Waals surface area contributed by atoms with Crippen molar-refractivity contribution in [1.82, 2.24) is 57.8 Å². The average molecular weight is 1540 g/mol. The summed E-state index contributed by atoms with van der Waals surface area (Å²) in [7, 11) is 5.62. The molecule has 592 valence electrons. The number of hydrogen-bond acceptors (Lipinski definition) is 13. The summed E-state index contributed by atoms with van der Waals surface area (Å²) in [6.07, 6.45) is 34.4. The molecule has 7 aliphatic rings. The van der Waals surface area contributed by atoms with Crippen LogP contribution in [-0.4, -0.2) is 146 Å². The molecule has 0 saturated heterocycles. The summed E-state index contributed by atoms with van der Waals surface area (Å²) in [4.78, 5) is 26.7. The molecule has 4 aliphatic heterocycles. The first-order valence-corrected chi connectivity index (χ1v) is 43.7. The maximum absolute atomic E-state index is 11.8. The Labute approximate surface area is 669 Å². The van der Waals surface area contributed by atoms with Crippen LogP contribution < -0.4 is 0 Å². The smallest absolute Gasteiger partial charge is 0.177 e. The van der Waals surface area contributed by atoms with Gasteiger partial charge in [-0.3, -0.25) is 19.9 Å². The van der Waals surface area contributed by atoms with Crippen molar-refractivity contribution in [3.05, 3.63) is 254 Å². The van der Waals surface area contributed by atoms with Gasteiger partial charge in [0.1, 0.15) is 18.3 Å². The molecule has 19 rings (SSSR count). The summed E-state index contributed by atoms with van der Waals surface area (Å²) < 4.78 is 53.5. The van der Waals surface area contributed by atoms with Crippen LogP contribution in [0.5, 0.6) is 0 Å². The number of rotatable bonds is 20. The summed E-state index contributed by atoms with van der Waals surface area (Å²) in [6, 6.07) is 41.8. The number of aryl methyl sites for hydroxylation is 6. The molecule has 17 nitrogen and oxygen atoms in total. The van der Waals surface area contributed by atoms with Crippen molar-refractivity contribution in [3.8, 4) is 0 Å². The fraction of sp³-hybridized carbons (Fsp3) is 0.453. The van der Waals surface area contributed by atoms with Gasteiger partial charge in [-0.15, -0.1) is 0 Å². The quantitative estimate of drug-likeness (QED) is 0.0714. The van der Waals surface area contributed by atoms with Crippen LogP contribution in [0.3, 0.4) is 0 Å². The lowest BCUT2D eigenvalue weighted by Gasteiger charge is -2.27. The Morgan fingerprint density at radius 2 is 0.743 bits per heavy atom. The first kappa shape index (κ1) is 78.2. The van der Waals surface area contributed by atoms with Crippen molar-refractivity contribution in [2.75, 3.05) is 67.2 Å². The molecule has 0 spiro atoms. The molecule has 0 N–H and O–H groups in total.